The van der Waals surface area contributed by atoms with E-state index in [0.717, 1.165) is 11.8 Å². The summed E-state index contributed by atoms with van der Waals surface area (Å²) in [6, 6.07) is 7.00. The molecule has 0 bridgehead atoms. The average molecular weight is 204 g/mol. The molecule has 0 heterocycles. The lowest BCUT2D eigenvalue weighted by atomic mass is 10.1. The summed E-state index contributed by atoms with van der Waals surface area (Å²) < 4.78 is 4.56. The van der Waals surface area contributed by atoms with E-state index in [0.29, 0.717) is 11.1 Å². The molecule has 0 N–H and O–H groups in total. The van der Waals surface area contributed by atoms with Crippen molar-refractivity contribution in [2.45, 2.75) is 6.92 Å². The fourth-order valence-corrected chi connectivity index (χ4v) is 1.19. The zero-order valence-corrected chi connectivity index (χ0v) is 8.69. The van der Waals surface area contributed by atoms with Gasteiger partial charge in [-0.3, -0.25) is 4.79 Å². The molecule has 0 radical (unpaired) electrons. The maximum atomic E-state index is 11.1. The van der Waals surface area contributed by atoms with E-state index in [2.05, 4.69) is 4.74 Å². The molecule has 0 fully saturated rings. The normalized spacial score (nSPS) is 10.9. The third-order valence-electron chi connectivity index (χ3n) is 1.94. The maximum Gasteiger partial charge on any atom is 0.333 e. The summed E-state index contributed by atoms with van der Waals surface area (Å²) in [5.41, 5.74) is 1.89. The van der Waals surface area contributed by atoms with Gasteiger partial charge in [-0.15, -0.1) is 0 Å². The van der Waals surface area contributed by atoms with Gasteiger partial charge in [0.25, 0.3) is 0 Å². The van der Waals surface area contributed by atoms with Crippen LogP contribution < -0.4 is 0 Å². The summed E-state index contributed by atoms with van der Waals surface area (Å²) in [7, 11) is 1.33. The first kappa shape index (κ1) is 11.2. The molecule has 1 aromatic carbocycles. The number of hydrogen-bond acceptors (Lipinski definition) is 3. The zero-order valence-electron chi connectivity index (χ0n) is 8.69. The van der Waals surface area contributed by atoms with Crippen LogP contribution >= 0.6 is 0 Å². The summed E-state index contributed by atoms with van der Waals surface area (Å²) in [6.45, 7) is 1.67. The van der Waals surface area contributed by atoms with E-state index in [9.17, 15) is 9.59 Å². The van der Waals surface area contributed by atoms with E-state index in [1.807, 2.05) is 6.07 Å². The van der Waals surface area contributed by atoms with Gasteiger partial charge in [0.15, 0.2) is 0 Å². The van der Waals surface area contributed by atoms with E-state index >= 15 is 0 Å². The molecule has 0 unspecified atom stereocenters. The van der Waals surface area contributed by atoms with Gasteiger partial charge in [-0.05, 0) is 24.6 Å². The molecule has 78 valence electrons. The van der Waals surface area contributed by atoms with Crippen LogP contribution in [0.2, 0.25) is 0 Å². The predicted octanol–water partition coefficient (Wildman–Crippen LogP) is 2.08. The highest BCUT2D eigenvalue weighted by Gasteiger charge is 2.02. The Kier molecular flexibility index (Phi) is 3.80. The van der Waals surface area contributed by atoms with Crippen molar-refractivity contribution >= 4 is 18.3 Å². The SMILES string of the molecule is COC(=O)C(C)=Cc1cccc(C=O)c1. The molecule has 1 rings (SSSR count). The Hall–Kier alpha value is -1.90. The fraction of sp³-hybridized carbons (Fsp3) is 0.167. The molecule has 3 nitrogen and oxygen atoms in total. The molecule has 0 aliphatic heterocycles. The van der Waals surface area contributed by atoms with Gasteiger partial charge < -0.3 is 4.74 Å². The monoisotopic (exact) mass is 204 g/mol. The van der Waals surface area contributed by atoms with Gasteiger partial charge >= 0.3 is 5.97 Å². The van der Waals surface area contributed by atoms with Crippen LogP contribution in [0.1, 0.15) is 22.8 Å². The number of ether oxygens (including phenoxy) is 1. The van der Waals surface area contributed by atoms with E-state index in [1.165, 1.54) is 7.11 Å². The Morgan fingerprint density at radius 1 is 1.33 bits per heavy atom. The number of aldehydes is 1. The van der Waals surface area contributed by atoms with Gasteiger partial charge in [-0.2, -0.15) is 0 Å². The molecule has 0 aliphatic carbocycles. The van der Waals surface area contributed by atoms with Crippen molar-refractivity contribution < 1.29 is 14.3 Å². The van der Waals surface area contributed by atoms with Gasteiger partial charge in [0.1, 0.15) is 6.29 Å². The van der Waals surface area contributed by atoms with Crippen molar-refractivity contribution in [3.05, 3.63) is 41.0 Å². The van der Waals surface area contributed by atoms with Crippen LogP contribution in [0.3, 0.4) is 0 Å². The summed E-state index contributed by atoms with van der Waals surface area (Å²) in [5.74, 6) is -0.369. The number of carbonyl (C=O) groups excluding carboxylic acids is 2. The van der Waals surface area contributed by atoms with Gasteiger partial charge in [0, 0.05) is 11.1 Å². The highest BCUT2D eigenvalue weighted by Crippen LogP contribution is 2.09. The van der Waals surface area contributed by atoms with Crippen molar-refractivity contribution in [3.63, 3.8) is 0 Å². The number of methoxy groups -OCH3 is 1. The second kappa shape index (κ2) is 5.10. The standard InChI is InChI=1S/C12H12O3/c1-9(12(14)15-2)6-10-4-3-5-11(7-10)8-13/h3-8H,1-2H3. The maximum absolute atomic E-state index is 11.1. The van der Waals surface area contributed by atoms with Crippen molar-refractivity contribution in [2.75, 3.05) is 7.11 Å². The summed E-state index contributed by atoms with van der Waals surface area (Å²) >= 11 is 0. The first-order valence-corrected chi connectivity index (χ1v) is 4.49. The lowest BCUT2D eigenvalue weighted by molar-refractivity contribution is -0.135. The predicted molar refractivity (Wildman–Crippen MR) is 57.5 cm³/mol. The van der Waals surface area contributed by atoms with E-state index in [1.54, 1.807) is 31.2 Å². The lowest BCUT2D eigenvalue weighted by Crippen LogP contribution is -2.00. The minimum Gasteiger partial charge on any atom is -0.466 e. The summed E-state index contributed by atoms with van der Waals surface area (Å²) in [6.07, 6.45) is 2.45. The minimum atomic E-state index is -0.369. The second-order valence-electron chi connectivity index (χ2n) is 3.11. The Balaban J connectivity index is 2.97. The molecule has 15 heavy (non-hydrogen) atoms. The fourth-order valence-electron chi connectivity index (χ4n) is 1.19. The first-order chi connectivity index (χ1) is 7.17. The summed E-state index contributed by atoms with van der Waals surface area (Å²) in [4.78, 5) is 21.6. The molecule has 0 amide bonds. The van der Waals surface area contributed by atoms with Crippen LogP contribution in [0.5, 0.6) is 0 Å². The molecular formula is C12H12O3. The van der Waals surface area contributed by atoms with Crippen LogP contribution in [0.25, 0.3) is 6.08 Å². The first-order valence-electron chi connectivity index (χ1n) is 4.49. The Labute approximate surface area is 88.4 Å². The summed E-state index contributed by atoms with van der Waals surface area (Å²) in [5, 5.41) is 0. The molecule has 0 saturated heterocycles. The topological polar surface area (TPSA) is 43.4 Å². The third kappa shape index (κ3) is 3.06. The number of carbonyl (C=O) groups is 2. The molecule has 0 saturated carbocycles. The van der Waals surface area contributed by atoms with Crippen LogP contribution in [0.4, 0.5) is 0 Å². The van der Waals surface area contributed by atoms with Crippen molar-refractivity contribution in [1.29, 1.82) is 0 Å². The minimum absolute atomic E-state index is 0.369. The molecule has 0 aromatic heterocycles. The van der Waals surface area contributed by atoms with E-state index in [-0.39, 0.29) is 5.97 Å². The van der Waals surface area contributed by atoms with E-state index in [4.69, 9.17) is 0 Å². The molecule has 0 atom stereocenters. The van der Waals surface area contributed by atoms with Gasteiger partial charge in [-0.1, -0.05) is 18.2 Å². The highest BCUT2D eigenvalue weighted by atomic mass is 16.5. The van der Waals surface area contributed by atoms with Gasteiger partial charge in [0.05, 0.1) is 7.11 Å². The van der Waals surface area contributed by atoms with Crippen LogP contribution in [0, 0.1) is 0 Å². The van der Waals surface area contributed by atoms with E-state index < -0.39 is 0 Å². The lowest BCUT2D eigenvalue weighted by Gasteiger charge is -1.99. The van der Waals surface area contributed by atoms with Crippen molar-refractivity contribution in [2.24, 2.45) is 0 Å². The number of esters is 1. The number of hydrogen-bond donors (Lipinski definition) is 0. The average Bonchev–Trinajstić information content (AvgIpc) is 2.28. The van der Waals surface area contributed by atoms with Crippen LogP contribution in [-0.4, -0.2) is 19.4 Å². The Morgan fingerprint density at radius 2 is 2.00 bits per heavy atom. The highest BCUT2D eigenvalue weighted by molar-refractivity contribution is 5.93. The Bertz CT molecular complexity index is 405. The van der Waals surface area contributed by atoms with Crippen LogP contribution in [-0.2, 0) is 9.53 Å². The molecule has 0 aliphatic rings. The van der Waals surface area contributed by atoms with Gasteiger partial charge in [0.2, 0.25) is 0 Å². The molecule has 0 spiro atoms. The van der Waals surface area contributed by atoms with Crippen molar-refractivity contribution in [1.82, 2.24) is 0 Å². The quantitative estimate of drug-likeness (QED) is 0.430. The van der Waals surface area contributed by atoms with Gasteiger partial charge in [-0.25, -0.2) is 4.79 Å². The molecule has 1 aromatic rings. The molecular weight excluding hydrogens is 192 g/mol. The smallest absolute Gasteiger partial charge is 0.333 e. The largest absolute Gasteiger partial charge is 0.466 e. The van der Waals surface area contributed by atoms with Crippen LogP contribution in [0.15, 0.2) is 29.8 Å². The second-order valence-corrected chi connectivity index (χ2v) is 3.11. The third-order valence-corrected chi connectivity index (χ3v) is 1.94. The number of benzene rings is 1. The van der Waals surface area contributed by atoms with Crippen molar-refractivity contribution in [3.8, 4) is 0 Å². The number of rotatable bonds is 3. The zero-order chi connectivity index (χ0) is 11.3. The Morgan fingerprint density at radius 3 is 2.60 bits per heavy atom. The molecule has 3 heteroatoms.